The van der Waals surface area contributed by atoms with E-state index in [0.717, 1.165) is 37.5 Å². The first kappa shape index (κ1) is 25.8. The smallest absolute Gasteiger partial charge is 0.254 e. The van der Waals surface area contributed by atoms with Crippen molar-refractivity contribution >= 4 is 30.7 Å². The summed E-state index contributed by atoms with van der Waals surface area (Å²) in [6.45, 7) is 6.16. The fraction of sp³-hybridized carbons (Fsp3) is 0.500. The number of amides is 1. The van der Waals surface area contributed by atoms with E-state index in [4.69, 9.17) is 4.74 Å². The number of hydrogen-bond donors (Lipinski definition) is 1. The van der Waals surface area contributed by atoms with E-state index in [2.05, 4.69) is 39.4 Å². The number of ether oxygens (including phenoxy) is 1. The highest BCUT2D eigenvalue weighted by Gasteiger charge is 2.46. The number of likely N-dealkylation sites (tertiary alicyclic amines) is 2. The van der Waals surface area contributed by atoms with E-state index in [1.165, 1.54) is 43.5 Å². The molecule has 0 aromatic heterocycles. The maximum Gasteiger partial charge on any atom is 0.254 e. The third kappa shape index (κ3) is 5.48. The van der Waals surface area contributed by atoms with Crippen LogP contribution in [0.5, 0.6) is 5.75 Å². The number of hydrogen-bond acceptors (Lipinski definition) is 4. The van der Waals surface area contributed by atoms with Crippen LogP contribution in [0.2, 0.25) is 0 Å². The SMILES string of the molecule is COc1ccc([C@H]2[C@H]3CNC[C@H]3CN2C(=O)c2ccc(CN3CCCCC3)cc2)cc1.Cl.Cl. The van der Waals surface area contributed by atoms with Gasteiger partial charge in [0.05, 0.1) is 13.2 Å². The maximum absolute atomic E-state index is 13.6. The maximum atomic E-state index is 13.6. The Morgan fingerprint density at radius 1 is 0.970 bits per heavy atom. The van der Waals surface area contributed by atoms with Crippen molar-refractivity contribution in [1.29, 1.82) is 0 Å². The van der Waals surface area contributed by atoms with Gasteiger partial charge in [0, 0.05) is 37.7 Å². The summed E-state index contributed by atoms with van der Waals surface area (Å²) in [4.78, 5) is 18.2. The zero-order valence-electron chi connectivity index (χ0n) is 19.2. The Morgan fingerprint density at radius 3 is 2.33 bits per heavy atom. The lowest BCUT2D eigenvalue weighted by molar-refractivity contribution is 0.0714. The molecule has 33 heavy (non-hydrogen) atoms. The van der Waals surface area contributed by atoms with Crippen molar-refractivity contribution in [2.45, 2.75) is 31.8 Å². The monoisotopic (exact) mass is 491 g/mol. The highest BCUT2D eigenvalue weighted by atomic mass is 35.5. The lowest BCUT2D eigenvalue weighted by Gasteiger charge is -2.29. The second-order valence-electron chi connectivity index (χ2n) is 9.29. The van der Waals surface area contributed by atoms with Gasteiger partial charge in [0.1, 0.15) is 5.75 Å². The van der Waals surface area contributed by atoms with Crippen LogP contribution in [0.25, 0.3) is 0 Å². The standard InChI is InChI=1S/C26H33N3O2.2ClH/c1-31-23-11-9-20(10-12-23)25-24-16-27-15-22(24)18-29(25)26(30)21-7-5-19(6-8-21)17-28-13-3-2-4-14-28;;/h5-12,22,24-25,27H,2-4,13-18H2,1H3;2*1H/t22-,24-,25-;;/m0../s1. The van der Waals surface area contributed by atoms with Gasteiger partial charge in [-0.3, -0.25) is 9.69 Å². The van der Waals surface area contributed by atoms with Crippen LogP contribution >= 0.6 is 24.8 Å². The van der Waals surface area contributed by atoms with E-state index in [1.807, 2.05) is 24.3 Å². The number of carbonyl (C=O) groups is 1. The summed E-state index contributed by atoms with van der Waals surface area (Å²) in [5.41, 5.74) is 3.30. The Kier molecular flexibility index (Phi) is 9.05. The average Bonchev–Trinajstić information content (AvgIpc) is 3.41. The molecule has 3 fully saturated rings. The number of nitrogens with zero attached hydrogens (tertiary/aromatic N) is 2. The molecule has 3 aliphatic heterocycles. The minimum atomic E-state index is 0. The molecule has 1 N–H and O–H groups in total. The summed E-state index contributed by atoms with van der Waals surface area (Å²) >= 11 is 0. The Balaban J connectivity index is 0.00000153. The number of rotatable bonds is 5. The molecular weight excluding hydrogens is 457 g/mol. The number of piperidine rings is 1. The molecule has 2 aromatic carbocycles. The van der Waals surface area contributed by atoms with Crippen LogP contribution in [0, 0.1) is 11.8 Å². The van der Waals surface area contributed by atoms with E-state index in [9.17, 15) is 4.79 Å². The lowest BCUT2D eigenvalue weighted by Crippen LogP contribution is -2.34. The molecular formula is C26H35Cl2N3O2. The molecule has 180 valence electrons. The van der Waals surface area contributed by atoms with E-state index in [-0.39, 0.29) is 36.8 Å². The molecule has 0 aliphatic carbocycles. The molecule has 1 amide bonds. The number of benzene rings is 2. The molecule has 0 radical (unpaired) electrons. The molecule has 3 saturated heterocycles. The first-order valence-electron chi connectivity index (χ1n) is 11.7. The van der Waals surface area contributed by atoms with Crippen molar-refractivity contribution in [1.82, 2.24) is 15.1 Å². The Morgan fingerprint density at radius 2 is 1.67 bits per heavy atom. The van der Waals surface area contributed by atoms with Gasteiger partial charge in [-0.05, 0) is 67.2 Å². The summed E-state index contributed by atoms with van der Waals surface area (Å²) in [7, 11) is 1.69. The third-order valence-electron chi connectivity index (χ3n) is 7.34. The van der Waals surface area contributed by atoms with E-state index >= 15 is 0 Å². The topological polar surface area (TPSA) is 44.8 Å². The van der Waals surface area contributed by atoms with E-state index < -0.39 is 0 Å². The Bertz CT molecular complexity index is 901. The molecule has 3 heterocycles. The van der Waals surface area contributed by atoms with Gasteiger partial charge >= 0.3 is 0 Å². The average molecular weight is 492 g/mol. The van der Waals surface area contributed by atoms with Crippen LogP contribution < -0.4 is 10.1 Å². The van der Waals surface area contributed by atoms with Crippen molar-refractivity contribution in [2.24, 2.45) is 11.8 Å². The van der Waals surface area contributed by atoms with Crippen molar-refractivity contribution < 1.29 is 9.53 Å². The Hall–Kier alpha value is -1.79. The van der Waals surface area contributed by atoms with E-state index in [0.29, 0.717) is 11.8 Å². The number of halogens is 2. The summed E-state index contributed by atoms with van der Waals surface area (Å²) in [5, 5.41) is 3.52. The van der Waals surface area contributed by atoms with Crippen LogP contribution in [-0.2, 0) is 6.54 Å². The predicted octanol–water partition coefficient (Wildman–Crippen LogP) is 4.56. The molecule has 7 heteroatoms. The highest BCUT2D eigenvalue weighted by Crippen LogP contribution is 2.43. The van der Waals surface area contributed by atoms with Crippen LogP contribution in [-0.4, -0.2) is 55.5 Å². The van der Waals surface area contributed by atoms with Crippen molar-refractivity contribution in [3.05, 3.63) is 65.2 Å². The zero-order chi connectivity index (χ0) is 21.2. The first-order chi connectivity index (χ1) is 15.2. The van der Waals surface area contributed by atoms with Crippen molar-refractivity contribution in [3.63, 3.8) is 0 Å². The predicted molar refractivity (Wildman–Crippen MR) is 137 cm³/mol. The lowest BCUT2D eigenvalue weighted by atomic mass is 9.89. The van der Waals surface area contributed by atoms with Crippen molar-refractivity contribution in [2.75, 3.05) is 39.8 Å². The molecule has 0 spiro atoms. The highest BCUT2D eigenvalue weighted by molar-refractivity contribution is 5.94. The minimum Gasteiger partial charge on any atom is -0.497 e. The van der Waals surface area contributed by atoms with Crippen LogP contribution in [0.4, 0.5) is 0 Å². The largest absolute Gasteiger partial charge is 0.497 e. The summed E-state index contributed by atoms with van der Waals surface area (Å²) in [5.74, 6) is 2.00. The van der Waals surface area contributed by atoms with Crippen molar-refractivity contribution in [3.8, 4) is 5.75 Å². The zero-order valence-corrected chi connectivity index (χ0v) is 20.9. The second-order valence-corrected chi connectivity index (χ2v) is 9.29. The quantitative estimate of drug-likeness (QED) is 0.665. The van der Waals surface area contributed by atoms with Crippen LogP contribution in [0.1, 0.15) is 46.8 Å². The van der Waals surface area contributed by atoms with Gasteiger partial charge in [-0.1, -0.05) is 30.7 Å². The van der Waals surface area contributed by atoms with Gasteiger partial charge in [0.25, 0.3) is 5.91 Å². The molecule has 3 aliphatic rings. The summed E-state index contributed by atoms with van der Waals surface area (Å²) in [6, 6.07) is 16.7. The van der Waals surface area contributed by atoms with E-state index in [1.54, 1.807) is 7.11 Å². The molecule has 5 rings (SSSR count). The van der Waals surface area contributed by atoms with Crippen LogP contribution in [0.3, 0.4) is 0 Å². The number of methoxy groups -OCH3 is 1. The third-order valence-corrected chi connectivity index (χ3v) is 7.34. The fourth-order valence-corrected chi connectivity index (χ4v) is 5.65. The van der Waals surface area contributed by atoms with Crippen LogP contribution in [0.15, 0.2) is 48.5 Å². The van der Waals surface area contributed by atoms with Gasteiger partial charge in [0.2, 0.25) is 0 Å². The first-order valence-corrected chi connectivity index (χ1v) is 11.7. The fourth-order valence-electron chi connectivity index (χ4n) is 5.65. The molecule has 0 saturated carbocycles. The normalized spacial score (nSPS) is 24.5. The number of fused-ring (bicyclic) bond motifs is 1. The Labute approximate surface area is 209 Å². The number of nitrogens with one attached hydrogen (secondary N) is 1. The molecule has 5 nitrogen and oxygen atoms in total. The van der Waals surface area contributed by atoms with Gasteiger partial charge in [-0.2, -0.15) is 0 Å². The molecule has 2 aromatic rings. The molecule has 0 unspecified atom stereocenters. The van der Waals surface area contributed by atoms with Gasteiger partial charge in [-0.15, -0.1) is 24.8 Å². The minimum absolute atomic E-state index is 0. The van der Waals surface area contributed by atoms with Gasteiger partial charge in [0.15, 0.2) is 0 Å². The molecule has 3 atom stereocenters. The second kappa shape index (κ2) is 11.6. The van der Waals surface area contributed by atoms with Gasteiger partial charge in [-0.25, -0.2) is 0 Å². The molecule has 0 bridgehead atoms. The summed E-state index contributed by atoms with van der Waals surface area (Å²) in [6.07, 6.45) is 3.96. The summed E-state index contributed by atoms with van der Waals surface area (Å²) < 4.78 is 5.33. The number of carbonyl (C=O) groups excluding carboxylic acids is 1. The van der Waals surface area contributed by atoms with Gasteiger partial charge < -0.3 is 15.0 Å².